The van der Waals surface area contributed by atoms with Crippen molar-refractivity contribution in [3.05, 3.63) is 47.4 Å². The van der Waals surface area contributed by atoms with Gasteiger partial charge in [0.15, 0.2) is 0 Å². The zero-order chi connectivity index (χ0) is 13.0. The first-order valence-electron chi connectivity index (χ1n) is 5.67. The summed E-state index contributed by atoms with van der Waals surface area (Å²) >= 11 is 0. The Balaban J connectivity index is 2.26. The highest BCUT2D eigenvalue weighted by atomic mass is 16.5. The predicted octanol–water partition coefficient (Wildman–Crippen LogP) is 1.12. The molecule has 18 heavy (non-hydrogen) atoms. The number of nitrogen functional groups attached to an aromatic ring is 1. The maximum Gasteiger partial charge on any atom is 0.135 e. The predicted molar refractivity (Wildman–Crippen MR) is 70.1 cm³/mol. The maximum absolute atomic E-state index is 5.79. The molecule has 5 heteroatoms. The quantitative estimate of drug-likeness (QED) is 0.841. The van der Waals surface area contributed by atoms with Gasteiger partial charge in [-0.2, -0.15) is 0 Å². The van der Waals surface area contributed by atoms with Gasteiger partial charge in [-0.1, -0.05) is 18.2 Å². The summed E-state index contributed by atoms with van der Waals surface area (Å²) in [6, 6.07) is 7.77. The summed E-state index contributed by atoms with van der Waals surface area (Å²) in [5, 5.41) is 0. The maximum atomic E-state index is 5.79. The molecule has 2 aromatic rings. The van der Waals surface area contributed by atoms with Crippen molar-refractivity contribution >= 4 is 5.82 Å². The van der Waals surface area contributed by atoms with Crippen LogP contribution in [0.25, 0.3) is 0 Å². The molecule has 94 valence electrons. The standard InChI is InChI=1S/C13H16N4O/c1-18-11-5-3-2-4-9(11)6-12-16-8-10(7-14)13(15)17-12/h2-5,8H,6-7,14H2,1H3,(H2,15,16,17). The highest BCUT2D eigenvalue weighted by Gasteiger charge is 2.07. The molecule has 0 bridgehead atoms. The number of nitrogens with zero attached hydrogens (tertiary/aromatic N) is 2. The largest absolute Gasteiger partial charge is 0.496 e. The minimum absolute atomic E-state index is 0.348. The lowest BCUT2D eigenvalue weighted by atomic mass is 10.1. The van der Waals surface area contributed by atoms with E-state index in [9.17, 15) is 0 Å². The van der Waals surface area contributed by atoms with Crippen molar-refractivity contribution in [2.45, 2.75) is 13.0 Å². The second-order valence-electron chi connectivity index (χ2n) is 3.89. The van der Waals surface area contributed by atoms with E-state index in [1.165, 1.54) is 0 Å². The van der Waals surface area contributed by atoms with E-state index in [1.54, 1.807) is 13.3 Å². The van der Waals surface area contributed by atoms with Crippen LogP contribution in [0.3, 0.4) is 0 Å². The molecule has 0 fully saturated rings. The van der Waals surface area contributed by atoms with Crippen molar-refractivity contribution in [1.82, 2.24) is 9.97 Å². The Kier molecular flexibility index (Phi) is 3.74. The second-order valence-corrected chi connectivity index (χ2v) is 3.89. The molecule has 0 saturated heterocycles. The zero-order valence-corrected chi connectivity index (χ0v) is 10.3. The van der Waals surface area contributed by atoms with Crippen molar-refractivity contribution in [3.63, 3.8) is 0 Å². The van der Waals surface area contributed by atoms with Crippen molar-refractivity contribution in [3.8, 4) is 5.75 Å². The summed E-state index contributed by atoms with van der Waals surface area (Å²) in [7, 11) is 1.64. The van der Waals surface area contributed by atoms with Gasteiger partial charge in [0.25, 0.3) is 0 Å². The van der Waals surface area contributed by atoms with E-state index >= 15 is 0 Å². The van der Waals surface area contributed by atoms with Gasteiger partial charge in [-0.05, 0) is 6.07 Å². The molecule has 0 aliphatic carbocycles. The summed E-state index contributed by atoms with van der Waals surface area (Å²) in [6.45, 7) is 0.348. The Morgan fingerprint density at radius 1 is 1.22 bits per heavy atom. The Morgan fingerprint density at radius 3 is 2.67 bits per heavy atom. The summed E-state index contributed by atoms with van der Waals surface area (Å²) < 4.78 is 5.29. The van der Waals surface area contributed by atoms with Crippen molar-refractivity contribution in [2.24, 2.45) is 5.73 Å². The monoisotopic (exact) mass is 244 g/mol. The first-order valence-corrected chi connectivity index (χ1v) is 5.67. The van der Waals surface area contributed by atoms with Crippen LogP contribution in [0.2, 0.25) is 0 Å². The third kappa shape index (κ3) is 2.57. The van der Waals surface area contributed by atoms with Gasteiger partial charge < -0.3 is 16.2 Å². The van der Waals surface area contributed by atoms with E-state index in [1.807, 2.05) is 24.3 Å². The molecule has 0 spiro atoms. The van der Waals surface area contributed by atoms with E-state index in [0.717, 1.165) is 16.9 Å². The fraction of sp³-hybridized carbons (Fsp3) is 0.231. The van der Waals surface area contributed by atoms with Gasteiger partial charge in [-0.25, -0.2) is 9.97 Å². The summed E-state index contributed by atoms with van der Waals surface area (Å²) in [5.41, 5.74) is 13.1. The molecule has 1 aromatic heterocycles. The highest BCUT2D eigenvalue weighted by Crippen LogP contribution is 2.20. The van der Waals surface area contributed by atoms with Gasteiger partial charge >= 0.3 is 0 Å². The van der Waals surface area contributed by atoms with Crippen LogP contribution in [0.15, 0.2) is 30.5 Å². The van der Waals surface area contributed by atoms with Crippen LogP contribution in [-0.2, 0) is 13.0 Å². The number of ether oxygens (including phenoxy) is 1. The molecular weight excluding hydrogens is 228 g/mol. The molecule has 0 aliphatic heterocycles. The van der Waals surface area contributed by atoms with Gasteiger partial charge in [0.2, 0.25) is 0 Å². The number of rotatable bonds is 4. The number of para-hydroxylation sites is 1. The number of hydrogen-bond donors (Lipinski definition) is 2. The lowest BCUT2D eigenvalue weighted by Crippen LogP contribution is -2.08. The first-order chi connectivity index (χ1) is 8.74. The molecule has 4 N–H and O–H groups in total. The molecule has 0 atom stereocenters. The fourth-order valence-corrected chi connectivity index (χ4v) is 1.72. The average Bonchev–Trinajstić information content (AvgIpc) is 2.39. The van der Waals surface area contributed by atoms with E-state index < -0.39 is 0 Å². The lowest BCUT2D eigenvalue weighted by molar-refractivity contribution is 0.410. The van der Waals surface area contributed by atoms with E-state index in [0.29, 0.717) is 24.6 Å². The number of aromatic nitrogens is 2. The van der Waals surface area contributed by atoms with Gasteiger partial charge in [-0.15, -0.1) is 0 Å². The van der Waals surface area contributed by atoms with Crippen molar-refractivity contribution < 1.29 is 4.74 Å². The smallest absolute Gasteiger partial charge is 0.135 e. The van der Waals surface area contributed by atoms with Gasteiger partial charge in [0.1, 0.15) is 17.4 Å². The Morgan fingerprint density at radius 2 is 2.00 bits per heavy atom. The van der Waals surface area contributed by atoms with Crippen LogP contribution >= 0.6 is 0 Å². The Bertz CT molecular complexity index is 542. The summed E-state index contributed by atoms with van der Waals surface area (Å²) in [5.74, 6) is 1.93. The summed E-state index contributed by atoms with van der Waals surface area (Å²) in [4.78, 5) is 8.50. The Hall–Kier alpha value is -2.14. The molecule has 1 aromatic carbocycles. The molecule has 0 unspecified atom stereocenters. The van der Waals surface area contributed by atoms with Crippen LogP contribution < -0.4 is 16.2 Å². The molecule has 1 heterocycles. The van der Waals surface area contributed by atoms with Crippen LogP contribution in [0.1, 0.15) is 17.0 Å². The van der Waals surface area contributed by atoms with Gasteiger partial charge in [0.05, 0.1) is 7.11 Å². The van der Waals surface area contributed by atoms with Crippen molar-refractivity contribution in [1.29, 1.82) is 0 Å². The topological polar surface area (TPSA) is 87.0 Å². The van der Waals surface area contributed by atoms with Crippen LogP contribution in [0.4, 0.5) is 5.82 Å². The van der Waals surface area contributed by atoms with E-state index in [-0.39, 0.29) is 0 Å². The number of benzene rings is 1. The van der Waals surface area contributed by atoms with Gasteiger partial charge in [0, 0.05) is 30.3 Å². The summed E-state index contributed by atoms with van der Waals surface area (Å²) in [6.07, 6.45) is 2.26. The second kappa shape index (κ2) is 5.46. The van der Waals surface area contributed by atoms with Crippen LogP contribution in [0.5, 0.6) is 5.75 Å². The minimum atomic E-state index is 0.348. The molecular formula is C13H16N4O. The highest BCUT2D eigenvalue weighted by molar-refractivity contribution is 5.39. The molecule has 2 rings (SSSR count). The molecule has 0 aliphatic rings. The molecule has 5 nitrogen and oxygen atoms in total. The van der Waals surface area contributed by atoms with E-state index in [2.05, 4.69) is 9.97 Å². The van der Waals surface area contributed by atoms with Gasteiger partial charge in [-0.3, -0.25) is 0 Å². The number of anilines is 1. The van der Waals surface area contributed by atoms with Crippen LogP contribution in [-0.4, -0.2) is 17.1 Å². The normalized spacial score (nSPS) is 10.3. The average molecular weight is 244 g/mol. The molecule has 0 amide bonds. The number of hydrogen-bond acceptors (Lipinski definition) is 5. The third-order valence-corrected chi connectivity index (χ3v) is 2.71. The zero-order valence-electron chi connectivity index (χ0n) is 10.3. The van der Waals surface area contributed by atoms with Crippen LogP contribution in [0, 0.1) is 0 Å². The lowest BCUT2D eigenvalue weighted by Gasteiger charge is -2.08. The SMILES string of the molecule is COc1ccccc1Cc1ncc(CN)c(N)n1. The first kappa shape index (κ1) is 12.3. The van der Waals surface area contributed by atoms with Crippen molar-refractivity contribution in [2.75, 3.05) is 12.8 Å². The molecule has 0 saturated carbocycles. The van der Waals surface area contributed by atoms with E-state index in [4.69, 9.17) is 16.2 Å². The third-order valence-electron chi connectivity index (χ3n) is 2.71. The number of methoxy groups -OCH3 is 1. The molecule has 0 radical (unpaired) electrons. The Labute approximate surface area is 106 Å². The fourth-order valence-electron chi connectivity index (χ4n) is 1.72. The number of nitrogens with two attached hydrogens (primary N) is 2. The minimum Gasteiger partial charge on any atom is -0.496 e.